The summed E-state index contributed by atoms with van der Waals surface area (Å²) in [6.07, 6.45) is 0.934. The van der Waals surface area contributed by atoms with Crippen LogP contribution >= 0.6 is 0 Å². The van der Waals surface area contributed by atoms with E-state index in [1.165, 1.54) is 0 Å². The first-order chi connectivity index (χ1) is 7.44. The van der Waals surface area contributed by atoms with Crippen LogP contribution in [0.1, 0.15) is 25.8 Å². The molecule has 3 heteroatoms. The molecule has 90 valence electrons. The maximum Gasteiger partial charge on any atom is 0.115 e. The molecule has 1 rings (SSSR count). The van der Waals surface area contributed by atoms with Gasteiger partial charge in [-0.3, -0.25) is 0 Å². The average molecular weight is 223 g/mol. The fourth-order valence-electron chi connectivity index (χ4n) is 1.45. The van der Waals surface area contributed by atoms with E-state index in [-0.39, 0.29) is 5.60 Å². The molecule has 1 aromatic rings. The van der Waals surface area contributed by atoms with E-state index in [0.717, 1.165) is 24.2 Å². The Morgan fingerprint density at radius 1 is 1.38 bits per heavy atom. The van der Waals surface area contributed by atoms with E-state index in [1.54, 1.807) is 19.2 Å². The third-order valence-corrected chi connectivity index (χ3v) is 2.81. The van der Waals surface area contributed by atoms with Crippen molar-refractivity contribution in [3.8, 4) is 5.75 Å². The van der Waals surface area contributed by atoms with Crippen LogP contribution in [0.5, 0.6) is 5.75 Å². The van der Waals surface area contributed by atoms with Crippen LogP contribution in [-0.2, 0) is 4.74 Å². The Kier molecular flexibility index (Phi) is 4.19. The minimum Gasteiger partial charge on any atom is -0.508 e. The van der Waals surface area contributed by atoms with Gasteiger partial charge in [-0.15, -0.1) is 0 Å². The predicted octanol–water partition coefficient (Wildman–Crippen LogP) is 2.93. The van der Waals surface area contributed by atoms with Gasteiger partial charge in [0.05, 0.1) is 5.60 Å². The zero-order valence-electron chi connectivity index (χ0n) is 10.5. The molecule has 0 spiro atoms. The highest BCUT2D eigenvalue weighted by Gasteiger charge is 2.15. The van der Waals surface area contributed by atoms with Gasteiger partial charge in [0, 0.05) is 19.3 Å². The number of rotatable bonds is 5. The number of phenolic OH excluding ortho intramolecular Hbond substituents is 1. The fraction of sp³-hybridized carbons (Fsp3) is 0.538. The van der Waals surface area contributed by atoms with E-state index in [2.05, 4.69) is 19.2 Å². The Bertz CT molecular complexity index is 348. The molecule has 0 saturated carbocycles. The summed E-state index contributed by atoms with van der Waals surface area (Å²) >= 11 is 0. The first-order valence-electron chi connectivity index (χ1n) is 5.53. The molecule has 0 heterocycles. The Morgan fingerprint density at radius 2 is 2.06 bits per heavy atom. The Balaban J connectivity index is 2.49. The highest BCUT2D eigenvalue weighted by atomic mass is 16.5. The molecule has 0 radical (unpaired) electrons. The molecule has 2 N–H and O–H groups in total. The maximum absolute atomic E-state index is 9.28. The highest BCUT2D eigenvalue weighted by Crippen LogP contribution is 2.21. The van der Waals surface area contributed by atoms with Crippen molar-refractivity contribution in [1.29, 1.82) is 0 Å². The second kappa shape index (κ2) is 5.21. The molecule has 0 amide bonds. The summed E-state index contributed by atoms with van der Waals surface area (Å²) in [4.78, 5) is 0. The van der Waals surface area contributed by atoms with Gasteiger partial charge in [0.2, 0.25) is 0 Å². The zero-order chi connectivity index (χ0) is 12.2. The van der Waals surface area contributed by atoms with Gasteiger partial charge >= 0.3 is 0 Å². The highest BCUT2D eigenvalue weighted by molar-refractivity contribution is 5.53. The van der Waals surface area contributed by atoms with Crippen LogP contribution in [-0.4, -0.2) is 24.4 Å². The monoisotopic (exact) mass is 223 g/mol. The summed E-state index contributed by atoms with van der Waals surface area (Å²) in [5.41, 5.74) is 2.01. The molecule has 0 bridgehead atoms. The number of nitrogens with one attached hydrogen (secondary N) is 1. The molecule has 0 aliphatic rings. The SMILES string of the molecule is COC(C)(C)CCNc1ccc(O)cc1C. The van der Waals surface area contributed by atoms with E-state index < -0.39 is 0 Å². The second-order valence-corrected chi connectivity index (χ2v) is 4.64. The summed E-state index contributed by atoms with van der Waals surface area (Å²) in [7, 11) is 1.73. The van der Waals surface area contributed by atoms with Crippen molar-refractivity contribution < 1.29 is 9.84 Å². The zero-order valence-corrected chi connectivity index (χ0v) is 10.5. The standard InChI is InChI=1S/C13H21NO2/c1-10-9-11(15)5-6-12(10)14-8-7-13(2,3)16-4/h5-6,9,14-15H,7-8H2,1-4H3. The molecular formula is C13H21NO2. The minimum absolute atomic E-state index is 0.0994. The normalized spacial score (nSPS) is 11.5. The number of phenols is 1. The topological polar surface area (TPSA) is 41.5 Å². The number of hydrogen-bond acceptors (Lipinski definition) is 3. The van der Waals surface area contributed by atoms with E-state index in [1.807, 2.05) is 13.0 Å². The van der Waals surface area contributed by atoms with Crippen LogP contribution in [0.4, 0.5) is 5.69 Å². The summed E-state index contributed by atoms with van der Waals surface area (Å²) in [6.45, 7) is 6.96. The van der Waals surface area contributed by atoms with Gasteiger partial charge < -0.3 is 15.2 Å². The van der Waals surface area contributed by atoms with Crippen molar-refractivity contribution in [2.24, 2.45) is 0 Å². The number of methoxy groups -OCH3 is 1. The predicted molar refractivity (Wildman–Crippen MR) is 67.0 cm³/mol. The van der Waals surface area contributed by atoms with Crippen LogP contribution < -0.4 is 5.32 Å². The number of hydrogen-bond donors (Lipinski definition) is 2. The van der Waals surface area contributed by atoms with E-state index in [0.29, 0.717) is 5.75 Å². The number of benzene rings is 1. The van der Waals surface area contributed by atoms with E-state index >= 15 is 0 Å². The van der Waals surface area contributed by atoms with Crippen molar-refractivity contribution in [3.05, 3.63) is 23.8 Å². The second-order valence-electron chi connectivity index (χ2n) is 4.64. The number of ether oxygens (including phenoxy) is 1. The van der Waals surface area contributed by atoms with E-state index in [9.17, 15) is 5.11 Å². The minimum atomic E-state index is -0.0994. The maximum atomic E-state index is 9.28. The molecule has 0 fully saturated rings. The third-order valence-electron chi connectivity index (χ3n) is 2.81. The number of anilines is 1. The summed E-state index contributed by atoms with van der Waals surface area (Å²) in [5.74, 6) is 0.306. The lowest BCUT2D eigenvalue weighted by Crippen LogP contribution is -2.25. The van der Waals surface area contributed by atoms with Gasteiger partial charge in [-0.25, -0.2) is 0 Å². The molecular weight excluding hydrogens is 202 g/mol. The smallest absolute Gasteiger partial charge is 0.115 e. The van der Waals surface area contributed by atoms with Gasteiger partial charge in [0.25, 0.3) is 0 Å². The van der Waals surface area contributed by atoms with Crippen molar-refractivity contribution in [1.82, 2.24) is 0 Å². The fourth-order valence-corrected chi connectivity index (χ4v) is 1.45. The lowest BCUT2D eigenvalue weighted by atomic mass is 10.1. The van der Waals surface area contributed by atoms with Gasteiger partial charge in [0.1, 0.15) is 5.75 Å². The average Bonchev–Trinajstić information content (AvgIpc) is 2.21. The first kappa shape index (κ1) is 12.8. The quantitative estimate of drug-likeness (QED) is 0.754. The summed E-state index contributed by atoms with van der Waals surface area (Å²) in [6, 6.07) is 5.34. The molecule has 0 aliphatic heterocycles. The van der Waals surface area contributed by atoms with Crippen molar-refractivity contribution >= 4 is 5.69 Å². The Morgan fingerprint density at radius 3 is 2.62 bits per heavy atom. The first-order valence-corrected chi connectivity index (χ1v) is 5.53. The number of aryl methyl sites for hydroxylation is 1. The van der Waals surface area contributed by atoms with Crippen molar-refractivity contribution in [2.75, 3.05) is 19.0 Å². The molecule has 0 saturated heterocycles. The Hall–Kier alpha value is -1.22. The summed E-state index contributed by atoms with van der Waals surface area (Å²) in [5, 5.41) is 12.6. The summed E-state index contributed by atoms with van der Waals surface area (Å²) < 4.78 is 5.34. The van der Waals surface area contributed by atoms with Crippen LogP contribution in [0.25, 0.3) is 0 Å². The molecule has 0 aromatic heterocycles. The van der Waals surface area contributed by atoms with Crippen molar-refractivity contribution in [2.45, 2.75) is 32.8 Å². The third kappa shape index (κ3) is 3.74. The van der Waals surface area contributed by atoms with Gasteiger partial charge in [-0.2, -0.15) is 0 Å². The van der Waals surface area contributed by atoms with Crippen LogP contribution in [0, 0.1) is 6.92 Å². The van der Waals surface area contributed by atoms with Crippen LogP contribution in [0.15, 0.2) is 18.2 Å². The molecule has 0 aliphatic carbocycles. The van der Waals surface area contributed by atoms with E-state index in [4.69, 9.17) is 4.74 Å². The molecule has 16 heavy (non-hydrogen) atoms. The Labute approximate surface area is 97.4 Å². The lowest BCUT2D eigenvalue weighted by molar-refractivity contribution is 0.0185. The molecule has 1 aromatic carbocycles. The lowest BCUT2D eigenvalue weighted by Gasteiger charge is -2.23. The van der Waals surface area contributed by atoms with Gasteiger partial charge in [0.15, 0.2) is 0 Å². The largest absolute Gasteiger partial charge is 0.508 e. The van der Waals surface area contributed by atoms with Crippen molar-refractivity contribution in [3.63, 3.8) is 0 Å². The van der Waals surface area contributed by atoms with Crippen LogP contribution in [0.3, 0.4) is 0 Å². The molecule has 0 atom stereocenters. The number of aromatic hydroxyl groups is 1. The molecule has 0 unspecified atom stereocenters. The van der Waals surface area contributed by atoms with Gasteiger partial charge in [-0.1, -0.05) is 0 Å². The molecule has 3 nitrogen and oxygen atoms in total. The van der Waals surface area contributed by atoms with Gasteiger partial charge in [-0.05, 0) is 51.0 Å². The van der Waals surface area contributed by atoms with Crippen LogP contribution in [0.2, 0.25) is 0 Å².